The maximum absolute atomic E-state index is 15.5. The van der Waals surface area contributed by atoms with Gasteiger partial charge >= 0.3 is 17.9 Å². The van der Waals surface area contributed by atoms with Crippen molar-refractivity contribution in [3.63, 3.8) is 0 Å². The zero-order valence-electron chi connectivity index (χ0n) is 28.6. The number of piperazine rings is 1. The number of nitrogens with one attached hydrogen (secondary N) is 2. The minimum Gasteiger partial charge on any atom is -0.444 e. The molecule has 0 saturated carbocycles. The number of aromatic nitrogens is 5. The van der Waals surface area contributed by atoms with Crippen molar-refractivity contribution in [3.8, 4) is 11.3 Å². The van der Waals surface area contributed by atoms with Gasteiger partial charge in [0.2, 0.25) is 0 Å². The van der Waals surface area contributed by atoms with Gasteiger partial charge in [-0.2, -0.15) is 4.98 Å². The Morgan fingerprint density at radius 3 is 2.33 bits per heavy atom. The molecule has 2 N–H and O–H groups in total. The van der Waals surface area contributed by atoms with E-state index in [-0.39, 0.29) is 17.4 Å². The molecule has 0 unspecified atom stereocenters. The smallest absolute Gasteiger partial charge is 0.410 e. The summed E-state index contributed by atoms with van der Waals surface area (Å²) in [5.41, 5.74) is 2.07. The van der Waals surface area contributed by atoms with Crippen molar-refractivity contribution in [2.75, 3.05) is 36.4 Å². The number of rotatable bonds is 7. The molecule has 1 aliphatic heterocycles. The largest absolute Gasteiger partial charge is 0.444 e. The van der Waals surface area contributed by atoms with Crippen LogP contribution in [0.2, 0.25) is 0 Å². The lowest BCUT2D eigenvalue weighted by molar-refractivity contribution is 0.0240. The third-order valence-corrected chi connectivity index (χ3v) is 7.70. The molecule has 0 spiro atoms. The molecule has 3 aromatic heterocycles. The number of hydrogen-bond donors (Lipinski definition) is 2. The lowest BCUT2D eigenvalue weighted by atomic mass is 9.96. The molecule has 0 radical (unpaired) electrons. The maximum atomic E-state index is 15.5. The average molecular weight is 660 g/mol. The van der Waals surface area contributed by atoms with E-state index in [2.05, 4.69) is 40.6 Å². The Hall–Kier alpha value is -5.14. The summed E-state index contributed by atoms with van der Waals surface area (Å²) in [6, 6.07) is 7.99. The van der Waals surface area contributed by atoms with E-state index in [9.17, 15) is 9.59 Å². The summed E-state index contributed by atoms with van der Waals surface area (Å²) in [7, 11) is 0. The van der Waals surface area contributed by atoms with Crippen LogP contribution >= 0.6 is 0 Å². The van der Waals surface area contributed by atoms with Crippen LogP contribution in [0.4, 0.5) is 26.5 Å². The van der Waals surface area contributed by atoms with E-state index >= 15 is 4.39 Å². The average Bonchev–Trinajstić information content (AvgIpc) is 3.54. The second-order valence-electron chi connectivity index (χ2n) is 13.8. The zero-order chi connectivity index (χ0) is 34.8. The number of aryl methyl sites for hydroxylation is 1. The SMILES string of the molecule is Cc1cc(-c2cc(Nc3ccc(N4CCN(C(=O)OC(C)(C)C)CC4)cn3)ncn2)c(F)cc1[C@@H](C)NC(=O)c1nc(C(C)(C)C)no1. The maximum Gasteiger partial charge on any atom is 0.410 e. The molecule has 1 atom stereocenters. The number of benzene rings is 1. The number of ether oxygens (including phenoxy) is 1. The molecule has 1 aliphatic rings. The molecule has 5 rings (SSSR count). The van der Waals surface area contributed by atoms with Crippen LogP contribution in [0.15, 0.2) is 47.4 Å². The van der Waals surface area contributed by atoms with Gasteiger partial charge in [0.25, 0.3) is 0 Å². The molecule has 0 aliphatic carbocycles. The van der Waals surface area contributed by atoms with Crippen LogP contribution in [0.3, 0.4) is 0 Å². The Morgan fingerprint density at radius 2 is 1.71 bits per heavy atom. The molecule has 4 aromatic rings. The first-order valence-corrected chi connectivity index (χ1v) is 15.8. The highest BCUT2D eigenvalue weighted by atomic mass is 19.1. The van der Waals surface area contributed by atoms with Crippen molar-refractivity contribution in [1.29, 1.82) is 0 Å². The van der Waals surface area contributed by atoms with E-state index in [0.29, 0.717) is 60.5 Å². The Balaban J connectivity index is 1.21. The molecule has 1 aromatic carbocycles. The Morgan fingerprint density at radius 1 is 0.979 bits per heavy atom. The van der Waals surface area contributed by atoms with Gasteiger partial charge in [-0.25, -0.2) is 24.1 Å². The van der Waals surface area contributed by atoms with Gasteiger partial charge in [0.15, 0.2) is 5.82 Å². The van der Waals surface area contributed by atoms with E-state index < -0.39 is 23.4 Å². The molecule has 4 heterocycles. The fourth-order valence-electron chi connectivity index (χ4n) is 5.14. The summed E-state index contributed by atoms with van der Waals surface area (Å²) >= 11 is 0. The number of anilines is 3. The summed E-state index contributed by atoms with van der Waals surface area (Å²) < 4.78 is 26.1. The molecule has 0 bridgehead atoms. The summed E-state index contributed by atoms with van der Waals surface area (Å²) in [6.45, 7) is 17.4. The fraction of sp³-hybridized carbons (Fsp3) is 0.441. The summed E-state index contributed by atoms with van der Waals surface area (Å²) in [5, 5.41) is 9.86. The second-order valence-corrected chi connectivity index (χ2v) is 13.8. The van der Waals surface area contributed by atoms with Crippen molar-refractivity contribution in [2.24, 2.45) is 0 Å². The van der Waals surface area contributed by atoms with Gasteiger partial charge in [-0.05, 0) is 70.0 Å². The molecule has 14 heteroatoms. The Kier molecular flexibility index (Phi) is 9.64. The highest BCUT2D eigenvalue weighted by Gasteiger charge is 2.27. The molecule has 13 nitrogen and oxygen atoms in total. The van der Waals surface area contributed by atoms with E-state index in [1.165, 1.54) is 12.4 Å². The van der Waals surface area contributed by atoms with Gasteiger partial charge in [-0.1, -0.05) is 25.9 Å². The monoisotopic (exact) mass is 659 g/mol. The minimum absolute atomic E-state index is 0.148. The highest BCUT2D eigenvalue weighted by molar-refractivity contribution is 5.89. The van der Waals surface area contributed by atoms with Gasteiger partial charge in [0.05, 0.1) is 23.6 Å². The number of carbonyl (C=O) groups is 2. The van der Waals surface area contributed by atoms with Crippen molar-refractivity contribution >= 4 is 29.3 Å². The van der Waals surface area contributed by atoms with E-state index in [4.69, 9.17) is 9.26 Å². The molecule has 1 saturated heterocycles. The van der Waals surface area contributed by atoms with Crippen LogP contribution in [-0.4, -0.2) is 73.8 Å². The van der Waals surface area contributed by atoms with Gasteiger partial charge in [0.1, 0.15) is 29.4 Å². The molecule has 254 valence electrons. The van der Waals surface area contributed by atoms with Crippen molar-refractivity contribution in [1.82, 2.24) is 35.3 Å². The first kappa shape index (κ1) is 34.2. The first-order chi connectivity index (χ1) is 22.6. The second kappa shape index (κ2) is 13.5. The number of amides is 2. The normalized spacial score (nSPS) is 14.4. The van der Waals surface area contributed by atoms with Crippen LogP contribution in [0.25, 0.3) is 11.3 Å². The summed E-state index contributed by atoms with van der Waals surface area (Å²) in [4.78, 5) is 46.3. The zero-order valence-corrected chi connectivity index (χ0v) is 28.6. The molecular weight excluding hydrogens is 617 g/mol. The van der Waals surface area contributed by atoms with E-state index in [1.807, 2.05) is 60.6 Å². The first-order valence-electron chi connectivity index (χ1n) is 15.8. The van der Waals surface area contributed by atoms with Gasteiger partial charge < -0.3 is 29.7 Å². The third-order valence-electron chi connectivity index (χ3n) is 7.70. The number of nitrogens with zero attached hydrogens (tertiary/aromatic N) is 7. The minimum atomic E-state index is -0.539. The predicted octanol–water partition coefficient (Wildman–Crippen LogP) is 5.96. The predicted molar refractivity (Wildman–Crippen MR) is 179 cm³/mol. The van der Waals surface area contributed by atoms with Crippen LogP contribution < -0.4 is 15.5 Å². The molecule has 48 heavy (non-hydrogen) atoms. The number of pyridine rings is 1. The van der Waals surface area contributed by atoms with Crippen molar-refractivity contribution < 1.29 is 23.2 Å². The van der Waals surface area contributed by atoms with Gasteiger partial charge in [-0.3, -0.25) is 4.79 Å². The Bertz CT molecular complexity index is 1770. The van der Waals surface area contributed by atoms with Crippen LogP contribution in [0, 0.1) is 12.7 Å². The topological polar surface area (TPSA) is 152 Å². The van der Waals surface area contributed by atoms with Crippen LogP contribution in [0.1, 0.15) is 82.1 Å². The fourth-order valence-corrected chi connectivity index (χ4v) is 5.14. The lowest BCUT2D eigenvalue weighted by Crippen LogP contribution is -2.50. The number of hydrogen-bond acceptors (Lipinski definition) is 11. The summed E-state index contributed by atoms with van der Waals surface area (Å²) in [5.74, 6) is 0.243. The number of halogens is 1. The quantitative estimate of drug-likeness (QED) is 0.242. The molecular formula is C34H42FN9O4. The molecule has 2 amide bonds. The number of carbonyl (C=O) groups excluding carboxylic acids is 2. The molecule has 1 fully saturated rings. The highest BCUT2D eigenvalue weighted by Crippen LogP contribution is 2.29. The standard InChI is InChI=1S/C34H42FN9O4/c1-20-15-24(25(35)16-23(20)21(2)39-29(45)30-41-31(42-48-30)33(3,4)5)26-17-28(38-19-37-26)40-27-10-9-22(18-36-27)43-11-13-44(14-12-43)32(46)47-34(6,7)8/h9-10,15-19,21H,11-14H2,1-8H3,(H,39,45)(H,36,37,38,40)/t21-/m1/s1. The third kappa shape index (κ3) is 8.22. The van der Waals surface area contributed by atoms with E-state index in [1.54, 1.807) is 30.2 Å². The lowest BCUT2D eigenvalue weighted by Gasteiger charge is -2.36. The van der Waals surface area contributed by atoms with E-state index in [0.717, 1.165) is 11.3 Å². The van der Waals surface area contributed by atoms with Crippen LogP contribution in [-0.2, 0) is 10.2 Å². The van der Waals surface area contributed by atoms with Crippen molar-refractivity contribution in [3.05, 3.63) is 71.5 Å². The van der Waals surface area contributed by atoms with Gasteiger partial charge in [0, 0.05) is 43.2 Å². The summed E-state index contributed by atoms with van der Waals surface area (Å²) in [6.07, 6.45) is 2.82. The van der Waals surface area contributed by atoms with Crippen molar-refractivity contribution in [2.45, 2.75) is 72.4 Å². The Labute approximate surface area is 279 Å². The van der Waals surface area contributed by atoms with Crippen LogP contribution in [0.5, 0.6) is 0 Å². The van der Waals surface area contributed by atoms with Gasteiger partial charge in [-0.15, -0.1) is 0 Å².